The Hall–Kier alpha value is -1.29. The minimum atomic E-state index is -0.0653. The number of nitrogens with one attached hydrogen (secondary N) is 1. The molecule has 0 bridgehead atoms. The number of rotatable bonds is 4. The van der Waals surface area contributed by atoms with Crippen molar-refractivity contribution in [2.45, 2.75) is 63.8 Å². The van der Waals surface area contributed by atoms with Gasteiger partial charge in [0.15, 0.2) is 5.76 Å². The van der Waals surface area contributed by atoms with Crippen molar-refractivity contribution in [2.24, 2.45) is 0 Å². The summed E-state index contributed by atoms with van der Waals surface area (Å²) in [5, 5.41) is 3.16. The number of hydrogen-bond donors (Lipinski definition) is 1. The van der Waals surface area contributed by atoms with Gasteiger partial charge in [-0.15, -0.1) is 0 Å². The highest BCUT2D eigenvalue weighted by Crippen LogP contribution is 2.35. The molecule has 1 N–H and O–H groups in total. The van der Waals surface area contributed by atoms with E-state index in [0.717, 1.165) is 12.1 Å². The molecule has 0 radical (unpaired) electrons. The number of hydrogen-bond acceptors (Lipinski definition) is 3. The monoisotopic (exact) mass is 304 g/mol. The summed E-state index contributed by atoms with van der Waals surface area (Å²) >= 11 is 0. The van der Waals surface area contributed by atoms with Crippen molar-refractivity contribution in [2.75, 3.05) is 19.6 Å². The van der Waals surface area contributed by atoms with E-state index in [2.05, 4.69) is 10.2 Å². The lowest BCUT2D eigenvalue weighted by Gasteiger charge is -2.48. The Morgan fingerprint density at radius 2 is 1.86 bits per heavy atom. The minimum absolute atomic E-state index is 0.0653. The third-order valence-corrected chi connectivity index (χ3v) is 5.46. The maximum absolute atomic E-state index is 12.4. The minimum Gasteiger partial charge on any atom is -0.459 e. The maximum Gasteiger partial charge on any atom is 0.287 e. The molecule has 2 aliphatic rings. The van der Waals surface area contributed by atoms with E-state index in [1.54, 1.807) is 6.26 Å². The van der Waals surface area contributed by atoms with Gasteiger partial charge in [-0.1, -0.05) is 25.7 Å². The third kappa shape index (κ3) is 3.22. The van der Waals surface area contributed by atoms with Crippen molar-refractivity contribution in [3.8, 4) is 0 Å². The first-order chi connectivity index (χ1) is 10.7. The van der Waals surface area contributed by atoms with Crippen LogP contribution in [0, 0.1) is 6.92 Å². The van der Waals surface area contributed by atoms with Crippen molar-refractivity contribution < 1.29 is 9.21 Å². The van der Waals surface area contributed by atoms with Gasteiger partial charge in [0, 0.05) is 17.6 Å². The molecular formula is C18H28N2O2. The van der Waals surface area contributed by atoms with E-state index in [1.165, 1.54) is 64.5 Å². The standard InChI is InChI=1S/C18H28N2O2/c1-15-8-13-22-16(15)17(21)19-14-18(9-4-2-5-10-18)20-11-6-3-7-12-20/h8,13H,2-7,9-12,14H2,1H3,(H,19,21). The Bertz CT molecular complexity index is 497. The summed E-state index contributed by atoms with van der Waals surface area (Å²) in [6, 6.07) is 1.84. The zero-order valence-corrected chi connectivity index (χ0v) is 13.7. The van der Waals surface area contributed by atoms with Gasteiger partial charge in [0.25, 0.3) is 5.91 Å². The average molecular weight is 304 g/mol. The van der Waals surface area contributed by atoms with Gasteiger partial charge in [-0.05, 0) is 51.8 Å². The lowest BCUT2D eigenvalue weighted by molar-refractivity contribution is 0.0323. The van der Waals surface area contributed by atoms with Crippen molar-refractivity contribution >= 4 is 5.91 Å². The van der Waals surface area contributed by atoms with Crippen molar-refractivity contribution in [3.05, 3.63) is 23.7 Å². The first-order valence-electron chi connectivity index (χ1n) is 8.79. The summed E-state index contributed by atoms with van der Waals surface area (Å²) in [4.78, 5) is 15.0. The highest BCUT2D eigenvalue weighted by molar-refractivity contribution is 5.92. The van der Waals surface area contributed by atoms with E-state index >= 15 is 0 Å². The number of furan rings is 1. The van der Waals surface area contributed by atoms with E-state index < -0.39 is 0 Å². The van der Waals surface area contributed by atoms with Crippen LogP contribution in [0.5, 0.6) is 0 Å². The highest BCUT2D eigenvalue weighted by Gasteiger charge is 2.38. The number of likely N-dealkylation sites (tertiary alicyclic amines) is 1. The van der Waals surface area contributed by atoms with Crippen LogP contribution in [0.2, 0.25) is 0 Å². The van der Waals surface area contributed by atoms with Gasteiger partial charge < -0.3 is 9.73 Å². The van der Waals surface area contributed by atoms with E-state index in [0.29, 0.717) is 5.76 Å². The Labute approximate surface area is 133 Å². The molecule has 2 fully saturated rings. The molecule has 1 amide bonds. The fourth-order valence-electron chi connectivity index (χ4n) is 4.11. The van der Waals surface area contributed by atoms with E-state index in [-0.39, 0.29) is 11.4 Å². The van der Waals surface area contributed by atoms with Gasteiger partial charge in [-0.2, -0.15) is 0 Å². The molecular weight excluding hydrogens is 276 g/mol. The van der Waals surface area contributed by atoms with Crippen LogP contribution in [0.25, 0.3) is 0 Å². The topological polar surface area (TPSA) is 45.5 Å². The molecule has 1 aromatic heterocycles. The second-order valence-electron chi connectivity index (χ2n) is 6.95. The predicted molar refractivity (Wildman–Crippen MR) is 87.0 cm³/mol. The lowest BCUT2D eigenvalue weighted by atomic mass is 9.79. The summed E-state index contributed by atoms with van der Waals surface area (Å²) < 4.78 is 5.32. The first kappa shape index (κ1) is 15.6. The Morgan fingerprint density at radius 3 is 2.50 bits per heavy atom. The van der Waals surface area contributed by atoms with Gasteiger partial charge in [-0.25, -0.2) is 0 Å². The molecule has 0 spiro atoms. The fraction of sp³-hybridized carbons (Fsp3) is 0.722. The second-order valence-corrected chi connectivity index (χ2v) is 6.95. The quantitative estimate of drug-likeness (QED) is 0.926. The fourth-order valence-corrected chi connectivity index (χ4v) is 4.11. The van der Waals surface area contributed by atoms with E-state index in [1.807, 2.05) is 13.0 Å². The van der Waals surface area contributed by atoms with Crippen molar-refractivity contribution in [1.82, 2.24) is 10.2 Å². The van der Waals surface area contributed by atoms with Crippen molar-refractivity contribution in [1.29, 1.82) is 0 Å². The third-order valence-electron chi connectivity index (χ3n) is 5.46. The van der Waals surface area contributed by atoms with Gasteiger partial charge in [0.2, 0.25) is 0 Å². The van der Waals surface area contributed by atoms with Crippen LogP contribution in [0.1, 0.15) is 67.5 Å². The van der Waals surface area contributed by atoms with Crippen LogP contribution in [0.4, 0.5) is 0 Å². The molecule has 0 unspecified atom stereocenters. The number of carbonyl (C=O) groups is 1. The Balaban J connectivity index is 1.67. The van der Waals surface area contributed by atoms with Gasteiger partial charge in [0.1, 0.15) is 0 Å². The number of carbonyl (C=O) groups excluding carboxylic acids is 1. The average Bonchev–Trinajstić information content (AvgIpc) is 3.00. The molecule has 4 nitrogen and oxygen atoms in total. The molecule has 1 saturated carbocycles. The molecule has 0 aromatic carbocycles. The number of nitrogens with zero attached hydrogens (tertiary/aromatic N) is 1. The molecule has 3 rings (SSSR count). The van der Waals surface area contributed by atoms with Crippen LogP contribution in [0.15, 0.2) is 16.7 Å². The Kier molecular flexibility index (Phi) is 4.87. The number of amides is 1. The SMILES string of the molecule is Cc1ccoc1C(=O)NCC1(N2CCCCC2)CCCCC1. The van der Waals surface area contributed by atoms with Crippen LogP contribution in [-0.4, -0.2) is 36.0 Å². The normalized spacial score (nSPS) is 22.4. The highest BCUT2D eigenvalue weighted by atomic mass is 16.3. The van der Waals surface area contributed by atoms with Crippen LogP contribution >= 0.6 is 0 Å². The lowest BCUT2D eigenvalue weighted by Crippen LogP contribution is -2.58. The smallest absolute Gasteiger partial charge is 0.287 e. The molecule has 1 aliphatic carbocycles. The maximum atomic E-state index is 12.4. The van der Waals surface area contributed by atoms with Gasteiger partial charge >= 0.3 is 0 Å². The first-order valence-corrected chi connectivity index (χ1v) is 8.79. The van der Waals surface area contributed by atoms with Crippen LogP contribution in [0.3, 0.4) is 0 Å². The summed E-state index contributed by atoms with van der Waals surface area (Å²) in [6.07, 6.45) is 11.9. The molecule has 2 heterocycles. The summed E-state index contributed by atoms with van der Waals surface area (Å²) in [5.74, 6) is 0.397. The number of piperidine rings is 1. The second kappa shape index (κ2) is 6.86. The predicted octanol–water partition coefficient (Wildman–Crippen LogP) is 3.51. The van der Waals surface area contributed by atoms with Gasteiger partial charge in [0.05, 0.1) is 6.26 Å². The molecule has 22 heavy (non-hydrogen) atoms. The summed E-state index contributed by atoms with van der Waals surface area (Å²) in [6.45, 7) is 5.05. The summed E-state index contributed by atoms with van der Waals surface area (Å²) in [5.41, 5.74) is 1.09. The zero-order chi connectivity index (χ0) is 15.4. The zero-order valence-electron chi connectivity index (χ0n) is 13.7. The molecule has 4 heteroatoms. The number of aryl methyl sites for hydroxylation is 1. The largest absolute Gasteiger partial charge is 0.459 e. The van der Waals surface area contributed by atoms with Gasteiger partial charge in [-0.3, -0.25) is 9.69 Å². The molecule has 122 valence electrons. The molecule has 0 atom stereocenters. The molecule has 1 aromatic rings. The Morgan fingerprint density at radius 1 is 1.18 bits per heavy atom. The van der Waals surface area contributed by atoms with Crippen molar-refractivity contribution in [3.63, 3.8) is 0 Å². The van der Waals surface area contributed by atoms with Crippen LogP contribution < -0.4 is 5.32 Å². The molecule has 1 saturated heterocycles. The summed E-state index contributed by atoms with van der Waals surface area (Å²) in [7, 11) is 0. The van der Waals surface area contributed by atoms with Crippen LogP contribution in [-0.2, 0) is 0 Å². The van der Waals surface area contributed by atoms with E-state index in [9.17, 15) is 4.79 Å². The van der Waals surface area contributed by atoms with E-state index in [4.69, 9.17) is 4.42 Å². The molecule has 1 aliphatic heterocycles.